The van der Waals surface area contributed by atoms with E-state index in [0.29, 0.717) is 17.8 Å². The fraction of sp³-hybridized carbons (Fsp3) is 0.619. The molecule has 3 nitrogen and oxygen atoms in total. The number of aliphatic hydroxyl groups excluding tert-OH is 2. The number of hydrogen-bond donors (Lipinski definition) is 2. The van der Waals surface area contributed by atoms with E-state index in [4.69, 9.17) is 4.74 Å². The summed E-state index contributed by atoms with van der Waals surface area (Å²) in [7, 11) is 1.63. The predicted octanol–water partition coefficient (Wildman–Crippen LogP) is 4.14. The zero-order chi connectivity index (χ0) is 17.7. The Morgan fingerprint density at radius 2 is 1.96 bits per heavy atom. The van der Waals surface area contributed by atoms with Crippen LogP contribution in [0.1, 0.15) is 45.6 Å². The van der Waals surface area contributed by atoms with Gasteiger partial charge in [-0.2, -0.15) is 0 Å². The lowest BCUT2D eigenvalue weighted by Gasteiger charge is -2.39. The fourth-order valence-electron chi connectivity index (χ4n) is 4.14. The molecular formula is C21H32O3. The zero-order valence-electron chi connectivity index (χ0n) is 15.4. The maximum Gasteiger partial charge on any atom is 0.126 e. The normalized spacial score (nSPS) is 26.5. The van der Waals surface area contributed by atoms with Crippen LogP contribution in [-0.4, -0.2) is 30.0 Å². The molecule has 1 aliphatic carbocycles. The molecule has 0 radical (unpaired) electrons. The summed E-state index contributed by atoms with van der Waals surface area (Å²) in [4.78, 5) is 0. The molecule has 1 fully saturated rings. The molecule has 0 aliphatic heterocycles. The molecule has 0 amide bonds. The van der Waals surface area contributed by atoms with E-state index in [1.165, 1.54) is 12.8 Å². The van der Waals surface area contributed by atoms with Crippen LogP contribution in [0.25, 0.3) is 5.57 Å². The van der Waals surface area contributed by atoms with Gasteiger partial charge in [-0.05, 0) is 54.2 Å². The van der Waals surface area contributed by atoms with E-state index in [0.717, 1.165) is 23.3 Å². The standard InChI is InChI=1S/C21H32O3/c1-14(2)17-10-9-15(3)11-19(17)20(23)12-16(13-22)18-7-5-6-8-21(18)24-4/h5-8,12,14-15,17,19-20,22-23H,9-11,13H2,1-4H3/b16-12+/t15-,17+,19-,20+/m1/s1. The summed E-state index contributed by atoms with van der Waals surface area (Å²) in [6.45, 7) is 6.66. The van der Waals surface area contributed by atoms with Gasteiger partial charge in [0.15, 0.2) is 0 Å². The first-order chi connectivity index (χ1) is 11.5. The molecule has 2 N–H and O–H groups in total. The Bertz CT molecular complexity index is 550. The maximum absolute atomic E-state index is 10.9. The lowest BCUT2D eigenvalue weighted by atomic mass is 9.68. The third kappa shape index (κ3) is 4.40. The van der Waals surface area contributed by atoms with Crippen LogP contribution >= 0.6 is 0 Å². The Balaban J connectivity index is 2.28. The summed E-state index contributed by atoms with van der Waals surface area (Å²) in [5.74, 6) is 2.73. The summed E-state index contributed by atoms with van der Waals surface area (Å²) in [6.07, 6.45) is 4.78. The van der Waals surface area contributed by atoms with Crippen molar-refractivity contribution in [2.24, 2.45) is 23.7 Å². The van der Waals surface area contributed by atoms with Crippen LogP contribution in [0.5, 0.6) is 5.75 Å². The van der Waals surface area contributed by atoms with Crippen LogP contribution in [0.4, 0.5) is 0 Å². The highest BCUT2D eigenvalue weighted by atomic mass is 16.5. The molecule has 24 heavy (non-hydrogen) atoms. The molecule has 1 aliphatic rings. The van der Waals surface area contributed by atoms with E-state index in [2.05, 4.69) is 20.8 Å². The number of benzene rings is 1. The molecule has 0 unspecified atom stereocenters. The molecule has 1 aromatic carbocycles. The first-order valence-electron chi connectivity index (χ1n) is 9.10. The van der Waals surface area contributed by atoms with Crippen molar-refractivity contribution in [1.82, 2.24) is 0 Å². The Morgan fingerprint density at radius 3 is 2.58 bits per heavy atom. The average Bonchev–Trinajstić information content (AvgIpc) is 2.59. The number of aliphatic hydroxyl groups is 2. The maximum atomic E-state index is 10.9. The third-order valence-electron chi connectivity index (χ3n) is 5.51. The zero-order valence-corrected chi connectivity index (χ0v) is 15.4. The molecule has 134 valence electrons. The average molecular weight is 332 g/mol. The number of hydrogen-bond acceptors (Lipinski definition) is 3. The van der Waals surface area contributed by atoms with Gasteiger partial charge < -0.3 is 14.9 Å². The van der Waals surface area contributed by atoms with Crippen LogP contribution in [0.2, 0.25) is 0 Å². The van der Waals surface area contributed by atoms with Gasteiger partial charge in [0.25, 0.3) is 0 Å². The SMILES string of the molecule is COc1ccccc1/C(=C/[C@H](O)[C@@H]1C[C@H](C)CC[C@H]1C(C)C)CO. The number of para-hydroxylation sites is 1. The molecular weight excluding hydrogens is 300 g/mol. The van der Waals surface area contributed by atoms with E-state index < -0.39 is 6.10 Å². The quantitative estimate of drug-likeness (QED) is 0.823. The first-order valence-corrected chi connectivity index (χ1v) is 9.10. The fourth-order valence-corrected chi connectivity index (χ4v) is 4.14. The molecule has 4 atom stereocenters. The number of methoxy groups -OCH3 is 1. The number of ether oxygens (including phenoxy) is 1. The van der Waals surface area contributed by atoms with E-state index in [1.807, 2.05) is 30.3 Å². The van der Waals surface area contributed by atoms with Crippen molar-refractivity contribution in [3.8, 4) is 5.75 Å². The van der Waals surface area contributed by atoms with Gasteiger partial charge in [-0.3, -0.25) is 0 Å². The minimum atomic E-state index is -0.535. The molecule has 0 aromatic heterocycles. The summed E-state index contributed by atoms with van der Waals surface area (Å²) < 4.78 is 5.40. The van der Waals surface area contributed by atoms with Gasteiger partial charge in [-0.15, -0.1) is 0 Å². The van der Waals surface area contributed by atoms with Crippen molar-refractivity contribution < 1.29 is 14.9 Å². The van der Waals surface area contributed by atoms with Gasteiger partial charge in [0, 0.05) is 5.56 Å². The van der Waals surface area contributed by atoms with Gasteiger partial charge in [-0.25, -0.2) is 0 Å². The van der Waals surface area contributed by atoms with Crippen molar-refractivity contribution in [2.45, 2.75) is 46.1 Å². The van der Waals surface area contributed by atoms with Crippen molar-refractivity contribution >= 4 is 5.57 Å². The molecule has 1 saturated carbocycles. The van der Waals surface area contributed by atoms with Crippen molar-refractivity contribution in [2.75, 3.05) is 13.7 Å². The molecule has 1 aromatic rings. The second kappa shape index (κ2) is 8.68. The molecule has 0 saturated heterocycles. The Morgan fingerprint density at radius 1 is 1.25 bits per heavy atom. The van der Waals surface area contributed by atoms with Crippen molar-refractivity contribution in [1.29, 1.82) is 0 Å². The van der Waals surface area contributed by atoms with E-state index in [-0.39, 0.29) is 12.5 Å². The summed E-state index contributed by atoms with van der Waals surface area (Å²) in [6, 6.07) is 7.64. The topological polar surface area (TPSA) is 49.7 Å². The monoisotopic (exact) mass is 332 g/mol. The largest absolute Gasteiger partial charge is 0.496 e. The second-order valence-corrected chi connectivity index (χ2v) is 7.53. The highest BCUT2D eigenvalue weighted by Gasteiger charge is 2.34. The Hall–Kier alpha value is -1.32. The summed E-state index contributed by atoms with van der Waals surface area (Å²) >= 11 is 0. The molecule has 2 rings (SSSR count). The third-order valence-corrected chi connectivity index (χ3v) is 5.51. The van der Waals surface area contributed by atoms with E-state index >= 15 is 0 Å². The molecule has 0 bridgehead atoms. The summed E-state index contributed by atoms with van der Waals surface area (Å²) in [5, 5.41) is 20.7. The van der Waals surface area contributed by atoms with Gasteiger partial charge in [-0.1, -0.05) is 45.4 Å². The van der Waals surface area contributed by atoms with Crippen LogP contribution in [0.3, 0.4) is 0 Å². The van der Waals surface area contributed by atoms with Crippen LogP contribution in [-0.2, 0) is 0 Å². The molecule has 0 heterocycles. The molecule has 3 heteroatoms. The lowest BCUT2D eigenvalue weighted by molar-refractivity contribution is 0.0427. The van der Waals surface area contributed by atoms with Crippen LogP contribution in [0.15, 0.2) is 30.3 Å². The van der Waals surface area contributed by atoms with Crippen molar-refractivity contribution in [3.05, 3.63) is 35.9 Å². The number of rotatable bonds is 6. The highest BCUT2D eigenvalue weighted by Crippen LogP contribution is 2.40. The van der Waals surface area contributed by atoms with Crippen LogP contribution in [0, 0.1) is 23.7 Å². The van der Waals surface area contributed by atoms with E-state index in [9.17, 15) is 10.2 Å². The Labute approximate surface area is 146 Å². The minimum Gasteiger partial charge on any atom is -0.496 e. The van der Waals surface area contributed by atoms with E-state index in [1.54, 1.807) is 7.11 Å². The lowest BCUT2D eigenvalue weighted by Crippen LogP contribution is -2.35. The van der Waals surface area contributed by atoms with Crippen LogP contribution < -0.4 is 4.74 Å². The van der Waals surface area contributed by atoms with Gasteiger partial charge in [0.1, 0.15) is 5.75 Å². The second-order valence-electron chi connectivity index (χ2n) is 7.53. The smallest absolute Gasteiger partial charge is 0.126 e. The first kappa shape index (κ1) is 19.0. The summed E-state index contributed by atoms with van der Waals surface area (Å²) in [5.41, 5.74) is 1.59. The Kier molecular flexibility index (Phi) is 6.88. The molecule has 0 spiro atoms. The van der Waals surface area contributed by atoms with Gasteiger partial charge >= 0.3 is 0 Å². The van der Waals surface area contributed by atoms with Gasteiger partial charge in [0.05, 0.1) is 19.8 Å². The predicted molar refractivity (Wildman–Crippen MR) is 98.9 cm³/mol. The highest BCUT2D eigenvalue weighted by molar-refractivity contribution is 5.71. The van der Waals surface area contributed by atoms with Crippen molar-refractivity contribution in [3.63, 3.8) is 0 Å². The van der Waals surface area contributed by atoms with Gasteiger partial charge in [0.2, 0.25) is 0 Å². The minimum absolute atomic E-state index is 0.105.